The van der Waals surface area contributed by atoms with Crippen molar-refractivity contribution in [2.24, 2.45) is 0 Å². The number of hydrogen-bond donors (Lipinski definition) is 3. The summed E-state index contributed by atoms with van der Waals surface area (Å²) in [7, 11) is 0. The zero-order chi connectivity index (χ0) is 28.8. The van der Waals surface area contributed by atoms with E-state index in [-0.39, 0.29) is 40.6 Å². The SMILES string of the molecule is Cc1cc(C)cc(N(c2ccnc(-c3cccc(C(=O)O)c3)c2O)/[N+]([O-])=C2\CNc3cc(C(F)(F)F)ccc32)c1. The number of hydrazine groups is 1. The lowest BCUT2D eigenvalue weighted by Gasteiger charge is -2.25. The minimum Gasteiger partial charge on any atom is -0.595 e. The van der Waals surface area contributed by atoms with Crippen molar-refractivity contribution in [2.45, 2.75) is 20.0 Å². The zero-order valence-electron chi connectivity index (χ0n) is 21.3. The molecule has 3 aromatic carbocycles. The van der Waals surface area contributed by atoms with Gasteiger partial charge in [-0.3, -0.25) is 4.98 Å². The summed E-state index contributed by atoms with van der Waals surface area (Å²) in [5, 5.41) is 38.9. The Hall–Kier alpha value is -5.06. The Labute approximate surface area is 226 Å². The molecule has 0 atom stereocenters. The molecule has 11 heteroatoms. The molecule has 1 aliphatic rings. The summed E-state index contributed by atoms with van der Waals surface area (Å²) in [6.45, 7) is 3.63. The summed E-state index contributed by atoms with van der Waals surface area (Å²) < 4.78 is 39.8. The molecule has 0 radical (unpaired) electrons. The van der Waals surface area contributed by atoms with Gasteiger partial charge in [0.05, 0.1) is 16.7 Å². The number of aromatic carboxylic acids is 1. The second-order valence-electron chi connectivity index (χ2n) is 9.40. The number of aryl methyl sites for hydroxylation is 2. The number of fused-ring (bicyclic) bond motifs is 1. The van der Waals surface area contributed by atoms with Gasteiger partial charge in [0.2, 0.25) is 5.71 Å². The van der Waals surface area contributed by atoms with Crippen LogP contribution in [0.25, 0.3) is 11.3 Å². The molecular weight excluding hydrogens is 525 g/mol. The molecule has 2 heterocycles. The number of hydrazone groups is 1. The molecule has 0 spiro atoms. The number of nitrogens with zero attached hydrogens (tertiary/aromatic N) is 3. The van der Waals surface area contributed by atoms with Crippen LogP contribution in [0.3, 0.4) is 0 Å². The molecule has 5 rings (SSSR count). The van der Waals surface area contributed by atoms with Gasteiger partial charge in [0.25, 0.3) is 0 Å². The maximum Gasteiger partial charge on any atom is 0.416 e. The minimum atomic E-state index is -4.54. The lowest BCUT2D eigenvalue weighted by molar-refractivity contribution is -0.461. The van der Waals surface area contributed by atoms with E-state index in [0.717, 1.165) is 23.3 Å². The molecule has 1 aliphatic heterocycles. The van der Waals surface area contributed by atoms with Crippen LogP contribution in [0.1, 0.15) is 32.6 Å². The van der Waals surface area contributed by atoms with Crippen molar-refractivity contribution in [3.8, 4) is 17.0 Å². The Morgan fingerprint density at radius 3 is 2.45 bits per heavy atom. The summed E-state index contributed by atoms with van der Waals surface area (Å²) >= 11 is 0. The monoisotopic (exact) mass is 548 g/mol. The smallest absolute Gasteiger partial charge is 0.416 e. The molecule has 0 amide bonds. The average Bonchev–Trinajstić information content (AvgIpc) is 3.32. The first-order valence-corrected chi connectivity index (χ1v) is 12.1. The number of carboxylic acid groups (broad SMARTS) is 1. The van der Waals surface area contributed by atoms with Gasteiger partial charge < -0.3 is 20.7 Å². The predicted octanol–water partition coefficient (Wildman–Crippen LogP) is 6.27. The summed E-state index contributed by atoms with van der Waals surface area (Å²) in [6, 6.07) is 15.8. The Morgan fingerprint density at radius 2 is 1.77 bits per heavy atom. The topological polar surface area (TPSA) is 112 Å². The number of aromatic nitrogens is 1. The zero-order valence-corrected chi connectivity index (χ0v) is 21.3. The number of benzene rings is 3. The van der Waals surface area contributed by atoms with Crippen LogP contribution in [-0.2, 0) is 6.18 Å². The summed E-state index contributed by atoms with van der Waals surface area (Å²) in [5.41, 5.74) is 2.20. The number of carbonyl (C=O) groups is 1. The van der Waals surface area contributed by atoms with E-state index in [2.05, 4.69) is 10.3 Å². The average molecular weight is 549 g/mol. The van der Waals surface area contributed by atoms with Crippen LogP contribution in [0.5, 0.6) is 5.75 Å². The van der Waals surface area contributed by atoms with Crippen molar-refractivity contribution in [3.05, 3.63) is 106 Å². The van der Waals surface area contributed by atoms with Crippen LogP contribution >= 0.6 is 0 Å². The maximum atomic E-state index is 14.1. The first kappa shape index (κ1) is 26.5. The number of rotatable bonds is 5. The Bertz CT molecular complexity index is 1660. The molecule has 4 aromatic rings. The van der Waals surface area contributed by atoms with Crippen molar-refractivity contribution in [2.75, 3.05) is 16.9 Å². The second-order valence-corrected chi connectivity index (χ2v) is 9.40. The number of alkyl halides is 3. The maximum absolute atomic E-state index is 14.1. The fourth-order valence-corrected chi connectivity index (χ4v) is 4.72. The van der Waals surface area contributed by atoms with E-state index >= 15 is 0 Å². The fourth-order valence-electron chi connectivity index (χ4n) is 4.72. The second kappa shape index (κ2) is 9.92. The highest BCUT2D eigenvalue weighted by molar-refractivity contribution is 6.09. The number of anilines is 3. The van der Waals surface area contributed by atoms with E-state index in [0.29, 0.717) is 21.7 Å². The summed E-state index contributed by atoms with van der Waals surface area (Å²) in [6.07, 6.45) is -3.17. The van der Waals surface area contributed by atoms with Crippen molar-refractivity contribution < 1.29 is 33.0 Å². The van der Waals surface area contributed by atoms with Crippen LogP contribution in [0.4, 0.5) is 30.2 Å². The van der Waals surface area contributed by atoms with Crippen LogP contribution in [0, 0.1) is 19.1 Å². The first-order chi connectivity index (χ1) is 18.9. The molecule has 0 fully saturated rings. The lowest BCUT2D eigenvalue weighted by Crippen LogP contribution is -2.33. The van der Waals surface area contributed by atoms with Gasteiger partial charge in [-0.2, -0.15) is 13.2 Å². The van der Waals surface area contributed by atoms with Crippen LogP contribution in [0.15, 0.2) is 72.9 Å². The summed E-state index contributed by atoms with van der Waals surface area (Å²) in [4.78, 5) is 16.3. The van der Waals surface area contributed by atoms with Gasteiger partial charge in [0.15, 0.2) is 11.4 Å². The predicted molar refractivity (Wildman–Crippen MR) is 144 cm³/mol. The van der Waals surface area contributed by atoms with Gasteiger partial charge in [-0.25, -0.2) is 4.79 Å². The summed E-state index contributed by atoms with van der Waals surface area (Å²) in [5.74, 6) is -1.54. The van der Waals surface area contributed by atoms with Crippen molar-refractivity contribution >= 4 is 28.7 Å². The van der Waals surface area contributed by atoms with Gasteiger partial charge in [0, 0.05) is 17.4 Å². The molecule has 3 N–H and O–H groups in total. The standard InChI is InChI=1S/C29H23F3N4O4/c1-16-10-17(2)12-21(11-16)35(36(40)25-15-34-23-14-20(29(30,31)32)6-7-22(23)25)24-8-9-33-26(27(24)37)18-4-3-5-19(13-18)28(38)39/h3-14,34,37H,15H2,1-2H3,(H,38,39)/b36-25-. The number of carboxylic acids is 1. The molecular formula is C29H23F3N4O4. The molecule has 0 saturated carbocycles. The van der Waals surface area contributed by atoms with Gasteiger partial charge in [0.1, 0.15) is 17.9 Å². The molecule has 0 bridgehead atoms. The molecule has 1 aromatic heterocycles. The largest absolute Gasteiger partial charge is 0.595 e. The van der Waals surface area contributed by atoms with Crippen molar-refractivity contribution in [1.29, 1.82) is 0 Å². The highest BCUT2D eigenvalue weighted by Gasteiger charge is 2.35. The quantitative estimate of drug-likeness (QED) is 0.153. The molecule has 204 valence electrons. The van der Waals surface area contributed by atoms with Crippen molar-refractivity contribution in [3.63, 3.8) is 0 Å². The Morgan fingerprint density at radius 1 is 1.05 bits per heavy atom. The fraction of sp³-hybridized carbons (Fsp3) is 0.138. The van der Waals surface area contributed by atoms with E-state index in [1.165, 1.54) is 41.5 Å². The molecule has 0 unspecified atom stereocenters. The van der Waals surface area contributed by atoms with Crippen LogP contribution in [-0.4, -0.2) is 38.3 Å². The molecule has 0 aliphatic carbocycles. The molecule has 40 heavy (non-hydrogen) atoms. The number of nitrogens with one attached hydrogen (secondary N) is 1. The third kappa shape index (κ3) is 4.89. The van der Waals surface area contributed by atoms with Gasteiger partial charge in [-0.15, -0.1) is 5.01 Å². The third-order valence-corrected chi connectivity index (χ3v) is 6.48. The van der Waals surface area contributed by atoms with E-state index in [1.54, 1.807) is 18.2 Å². The number of aromatic hydroxyl groups is 1. The van der Waals surface area contributed by atoms with Crippen LogP contribution < -0.4 is 10.3 Å². The van der Waals surface area contributed by atoms with Gasteiger partial charge in [-0.1, -0.05) is 23.0 Å². The molecule has 8 nitrogen and oxygen atoms in total. The highest BCUT2D eigenvalue weighted by atomic mass is 19.4. The number of hydrogen-bond acceptors (Lipinski definition) is 6. The normalized spacial score (nSPS) is 13.9. The van der Waals surface area contributed by atoms with E-state index in [9.17, 15) is 33.4 Å². The molecule has 0 saturated heterocycles. The third-order valence-electron chi connectivity index (χ3n) is 6.48. The van der Waals surface area contributed by atoms with E-state index in [4.69, 9.17) is 0 Å². The van der Waals surface area contributed by atoms with Gasteiger partial charge in [-0.05, 0) is 73.5 Å². The van der Waals surface area contributed by atoms with E-state index in [1.807, 2.05) is 19.9 Å². The van der Waals surface area contributed by atoms with Crippen LogP contribution in [0.2, 0.25) is 0 Å². The lowest BCUT2D eigenvalue weighted by atomic mass is 10.1. The first-order valence-electron chi connectivity index (χ1n) is 12.1. The minimum absolute atomic E-state index is 0.0110. The Kier molecular flexibility index (Phi) is 6.58. The van der Waals surface area contributed by atoms with Gasteiger partial charge >= 0.3 is 12.1 Å². The number of pyridine rings is 1. The van der Waals surface area contributed by atoms with E-state index < -0.39 is 17.7 Å². The van der Waals surface area contributed by atoms with Crippen molar-refractivity contribution in [1.82, 2.24) is 4.98 Å². The highest BCUT2D eigenvalue weighted by Crippen LogP contribution is 2.41. The Balaban J connectivity index is 1.71. The number of halogens is 3.